The predicted molar refractivity (Wildman–Crippen MR) is 103 cm³/mol. The Hall–Kier alpha value is -3.29. The van der Waals surface area contributed by atoms with Crippen LogP contribution < -0.4 is 4.90 Å². The lowest BCUT2D eigenvalue weighted by Crippen LogP contribution is -2.23. The highest BCUT2D eigenvalue weighted by Gasteiger charge is 2.25. The first-order valence-corrected chi connectivity index (χ1v) is 9.32. The Morgan fingerprint density at radius 3 is 2.52 bits per heavy atom. The Morgan fingerprint density at radius 2 is 1.86 bits per heavy atom. The number of imidazole rings is 1. The summed E-state index contributed by atoms with van der Waals surface area (Å²) in [5.74, 6) is -0.613. The van der Waals surface area contributed by atoms with Crippen LogP contribution in [-0.4, -0.2) is 28.0 Å². The van der Waals surface area contributed by atoms with Crippen LogP contribution >= 0.6 is 0 Å². The number of nitrogens with zero attached hydrogens (tertiary/aromatic N) is 3. The van der Waals surface area contributed by atoms with Gasteiger partial charge in [0.05, 0.1) is 16.6 Å². The first-order valence-electron chi connectivity index (χ1n) is 9.32. The molecule has 1 aromatic heterocycles. The summed E-state index contributed by atoms with van der Waals surface area (Å²) in [6, 6.07) is 13.0. The number of rotatable bonds is 5. The summed E-state index contributed by atoms with van der Waals surface area (Å²) in [6.07, 6.45) is 0.362. The van der Waals surface area contributed by atoms with Crippen molar-refractivity contribution in [1.82, 2.24) is 9.55 Å². The Balaban J connectivity index is 1.53. The van der Waals surface area contributed by atoms with Crippen LogP contribution in [0.2, 0.25) is 0 Å². The number of anilines is 1. The summed E-state index contributed by atoms with van der Waals surface area (Å²) < 4.78 is 33.3. The number of alkyl halides is 2. The molecule has 1 atom stereocenters. The molecule has 3 aromatic rings. The molecule has 29 heavy (non-hydrogen) atoms. The van der Waals surface area contributed by atoms with Crippen LogP contribution in [0.15, 0.2) is 48.5 Å². The van der Waals surface area contributed by atoms with Gasteiger partial charge in [0.2, 0.25) is 5.91 Å². The van der Waals surface area contributed by atoms with Gasteiger partial charge >= 0.3 is 12.5 Å². The normalized spacial score (nSPS) is 15.3. The summed E-state index contributed by atoms with van der Waals surface area (Å²) in [6.45, 7) is -0.644. The van der Waals surface area contributed by atoms with Crippen molar-refractivity contribution in [2.75, 3.05) is 11.4 Å². The standard InChI is InChI=1S/C21H19F2N3O3/c1-13(19-24-16-5-2-3-6-17(16)26(19)21(22)23)29-20(28)14-8-10-15(11-9-14)25-12-4-7-18(25)27/h2-3,5-6,8-11,13,21H,4,7,12H2,1H3. The van der Waals surface area contributed by atoms with E-state index in [0.717, 1.165) is 16.7 Å². The van der Waals surface area contributed by atoms with Crippen LogP contribution in [0.5, 0.6) is 0 Å². The summed E-state index contributed by atoms with van der Waals surface area (Å²) in [7, 11) is 0. The minimum atomic E-state index is -2.81. The summed E-state index contributed by atoms with van der Waals surface area (Å²) >= 11 is 0. The van der Waals surface area contributed by atoms with Crippen molar-refractivity contribution in [2.24, 2.45) is 0 Å². The highest BCUT2D eigenvalue weighted by Crippen LogP contribution is 2.29. The van der Waals surface area contributed by atoms with Gasteiger partial charge in [-0.25, -0.2) is 9.78 Å². The molecule has 6 nitrogen and oxygen atoms in total. The van der Waals surface area contributed by atoms with Crippen LogP contribution in [0.1, 0.15) is 48.6 Å². The number of hydrogen-bond acceptors (Lipinski definition) is 4. The number of hydrogen-bond donors (Lipinski definition) is 0. The molecule has 1 unspecified atom stereocenters. The Kier molecular flexibility index (Phi) is 5.00. The van der Waals surface area contributed by atoms with Crippen molar-refractivity contribution in [1.29, 1.82) is 0 Å². The van der Waals surface area contributed by atoms with Gasteiger partial charge in [-0.2, -0.15) is 8.78 Å². The smallest absolute Gasteiger partial charge is 0.338 e. The van der Waals surface area contributed by atoms with Crippen molar-refractivity contribution in [3.05, 3.63) is 59.9 Å². The fourth-order valence-electron chi connectivity index (χ4n) is 3.53. The Labute approximate surface area is 165 Å². The zero-order valence-electron chi connectivity index (χ0n) is 15.7. The Morgan fingerprint density at radius 1 is 1.14 bits per heavy atom. The number of para-hydroxylation sites is 2. The van der Waals surface area contributed by atoms with Crippen LogP contribution in [0.3, 0.4) is 0 Å². The summed E-state index contributed by atoms with van der Waals surface area (Å²) in [5.41, 5.74) is 1.67. The maximum Gasteiger partial charge on any atom is 0.338 e. The van der Waals surface area contributed by atoms with Gasteiger partial charge in [-0.05, 0) is 49.7 Å². The van der Waals surface area contributed by atoms with Crippen molar-refractivity contribution in [3.63, 3.8) is 0 Å². The second-order valence-corrected chi connectivity index (χ2v) is 6.85. The number of amides is 1. The average molecular weight is 399 g/mol. The van der Waals surface area contributed by atoms with E-state index in [4.69, 9.17) is 4.74 Å². The van der Waals surface area contributed by atoms with Gasteiger partial charge in [-0.1, -0.05) is 12.1 Å². The van der Waals surface area contributed by atoms with Crippen LogP contribution in [0, 0.1) is 0 Å². The maximum atomic E-state index is 13.6. The van der Waals surface area contributed by atoms with Crippen LogP contribution in [-0.2, 0) is 9.53 Å². The fourth-order valence-corrected chi connectivity index (χ4v) is 3.53. The Bertz CT molecular complexity index is 1060. The lowest BCUT2D eigenvalue weighted by molar-refractivity contribution is -0.117. The molecule has 0 saturated carbocycles. The lowest BCUT2D eigenvalue weighted by atomic mass is 10.2. The number of aromatic nitrogens is 2. The van der Waals surface area contributed by atoms with Crippen LogP contribution in [0.4, 0.5) is 14.5 Å². The van der Waals surface area contributed by atoms with E-state index in [1.54, 1.807) is 53.4 Å². The molecule has 1 saturated heterocycles. The highest BCUT2D eigenvalue weighted by molar-refractivity contribution is 5.96. The van der Waals surface area contributed by atoms with E-state index >= 15 is 0 Å². The fraction of sp³-hybridized carbons (Fsp3) is 0.286. The van der Waals surface area contributed by atoms with Gasteiger partial charge in [0.15, 0.2) is 11.9 Å². The van der Waals surface area contributed by atoms with Crippen molar-refractivity contribution >= 4 is 28.6 Å². The highest BCUT2D eigenvalue weighted by atomic mass is 19.3. The third-order valence-corrected chi connectivity index (χ3v) is 4.95. The predicted octanol–water partition coefficient (Wildman–Crippen LogP) is 4.48. The van der Waals surface area contributed by atoms with Crippen LogP contribution in [0.25, 0.3) is 11.0 Å². The summed E-state index contributed by atoms with van der Waals surface area (Å²) in [4.78, 5) is 30.2. The molecule has 1 amide bonds. The van der Waals surface area contributed by atoms with E-state index in [1.165, 1.54) is 6.92 Å². The second kappa shape index (κ2) is 7.62. The molecule has 0 N–H and O–H groups in total. The molecule has 8 heteroatoms. The largest absolute Gasteiger partial charge is 0.451 e. The zero-order valence-corrected chi connectivity index (χ0v) is 15.7. The third-order valence-electron chi connectivity index (χ3n) is 4.95. The number of halogens is 2. The van der Waals surface area contributed by atoms with E-state index in [-0.39, 0.29) is 22.8 Å². The van der Waals surface area contributed by atoms with Gasteiger partial charge in [-0.15, -0.1) is 0 Å². The molecule has 1 aliphatic heterocycles. The van der Waals surface area contributed by atoms with Gasteiger partial charge in [0.25, 0.3) is 0 Å². The molecular weight excluding hydrogens is 380 g/mol. The maximum absolute atomic E-state index is 13.6. The number of carbonyl (C=O) groups is 2. The van der Waals surface area contributed by atoms with E-state index < -0.39 is 18.6 Å². The molecule has 2 heterocycles. The molecular formula is C21H19F2N3O3. The first-order chi connectivity index (χ1) is 14.0. The molecule has 1 aliphatic rings. The monoisotopic (exact) mass is 399 g/mol. The van der Waals surface area contributed by atoms with Crippen molar-refractivity contribution in [3.8, 4) is 0 Å². The van der Waals surface area contributed by atoms with E-state index in [2.05, 4.69) is 4.98 Å². The van der Waals surface area contributed by atoms with Crippen molar-refractivity contribution in [2.45, 2.75) is 32.4 Å². The molecule has 2 aromatic carbocycles. The van der Waals surface area contributed by atoms with E-state index in [1.807, 2.05) is 0 Å². The van der Waals surface area contributed by atoms with Gasteiger partial charge in [0, 0.05) is 18.7 Å². The van der Waals surface area contributed by atoms with Gasteiger partial charge in [0.1, 0.15) is 0 Å². The molecule has 0 radical (unpaired) electrons. The first kappa shape index (κ1) is 19.0. The van der Waals surface area contributed by atoms with Gasteiger partial charge < -0.3 is 9.64 Å². The molecule has 150 valence electrons. The quantitative estimate of drug-likeness (QED) is 0.594. The third kappa shape index (κ3) is 3.57. The minimum absolute atomic E-state index is 0.0196. The molecule has 4 rings (SSSR count). The minimum Gasteiger partial charge on any atom is -0.451 e. The topological polar surface area (TPSA) is 64.4 Å². The number of fused-ring (bicyclic) bond motifs is 1. The number of carbonyl (C=O) groups excluding carboxylic acids is 2. The lowest BCUT2D eigenvalue weighted by Gasteiger charge is -2.17. The summed E-state index contributed by atoms with van der Waals surface area (Å²) in [5, 5.41) is 0. The number of ether oxygens (including phenoxy) is 1. The molecule has 0 aliphatic carbocycles. The average Bonchev–Trinajstić information content (AvgIpc) is 3.31. The zero-order chi connectivity index (χ0) is 20.5. The van der Waals surface area contributed by atoms with E-state index in [9.17, 15) is 18.4 Å². The molecule has 1 fully saturated rings. The second-order valence-electron chi connectivity index (χ2n) is 6.85. The molecule has 0 bridgehead atoms. The number of benzene rings is 2. The SMILES string of the molecule is CC(OC(=O)c1ccc(N2CCCC2=O)cc1)c1nc2ccccc2n1C(F)F. The van der Waals surface area contributed by atoms with Gasteiger partial charge in [-0.3, -0.25) is 9.36 Å². The van der Waals surface area contributed by atoms with E-state index in [0.29, 0.717) is 18.5 Å². The molecule has 0 spiro atoms. The number of esters is 1. The van der Waals surface area contributed by atoms with Crippen molar-refractivity contribution < 1.29 is 23.1 Å².